The average molecular weight is 370 g/mol. The summed E-state index contributed by atoms with van der Waals surface area (Å²) < 4.78 is 0. The van der Waals surface area contributed by atoms with Gasteiger partial charge in [-0.2, -0.15) is 0 Å². The lowest BCUT2D eigenvalue weighted by Crippen LogP contribution is -2.56. The summed E-state index contributed by atoms with van der Waals surface area (Å²) in [5.41, 5.74) is 0.765. The molecule has 0 aliphatic heterocycles. The molecule has 3 N–H and O–H groups in total. The molecule has 4 aliphatic carbocycles. The molecule has 5 heteroatoms. The van der Waals surface area contributed by atoms with Crippen LogP contribution in [0.1, 0.15) is 68.6 Å². The van der Waals surface area contributed by atoms with Crippen molar-refractivity contribution < 1.29 is 14.7 Å². The van der Waals surface area contributed by atoms with Crippen LogP contribution in [-0.2, 0) is 4.79 Å². The first-order valence-electron chi connectivity index (χ1n) is 10.3. The van der Waals surface area contributed by atoms with Gasteiger partial charge in [-0.3, -0.25) is 9.59 Å². The molecular formula is C22H30N2O3. The minimum atomic E-state index is -0.530. The maximum Gasteiger partial charge on any atom is 0.251 e. The number of benzene rings is 1. The van der Waals surface area contributed by atoms with E-state index in [1.54, 1.807) is 24.3 Å². The summed E-state index contributed by atoms with van der Waals surface area (Å²) in [6.45, 7) is 2.68. The fourth-order valence-corrected chi connectivity index (χ4v) is 6.20. The predicted octanol–water partition coefficient (Wildman–Crippen LogP) is 3.49. The number of amides is 2. The number of hydrogen-bond acceptors (Lipinski definition) is 3. The molecule has 4 aliphatic rings. The molecule has 2 amide bonds. The van der Waals surface area contributed by atoms with Crippen LogP contribution in [0.2, 0.25) is 0 Å². The second-order valence-corrected chi connectivity index (χ2v) is 9.24. The zero-order valence-corrected chi connectivity index (χ0v) is 16.1. The Morgan fingerprint density at radius 1 is 1.11 bits per heavy atom. The molecule has 2 unspecified atom stereocenters. The van der Waals surface area contributed by atoms with Gasteiger partial charge in [0.25, 0.3) is 5.91 Å². The van der Waals surface area contributed by atoms with Gasteiger partial charge in [0.15, 0.2) is 0 Å². The Morgan fingerprint density at radius 2 is 1.78 bits per heavy atom. The Morgan fingerprint density at radius 3 is 2.37 bits per heavy atom. The van der Waals surface area contributed by atoms with Gasteiger partial charge in [0.2, 0.25) is 5.91 Å². The number of carbonyl (C=O) groups excluding carboxylic acids is 2. The molecule has 0 spiro atoms. The van der Waals surface area contributed by atoms with E-state index in [0.717, 1.165) is 44.2 Å². The van der Waals surface area contributed by atoms with Crippen LogP contribution in [0, 0.1) is 17.3 Å². The Labute approximate surface area is 160 Å². The maximum absolute atomic E-state index is 12.7. The first-order chi connectivity index (χ1) is 12.9. The van der Waals surface area contributed by atoms with E-state index >= 15 is 0 Å². The number of hydrogen-bond donors (Lipinski definition) is 3. The van der Waals surface area contributed by atoms with Gasteiger partial charge in [-0.15, -0.1) is 0 Å². The Hall–Kier alpha value is -1.88. The zero-order chi connectivity index (χ0) is 19.1. The van der Waals surface area contributed by atoms with Crippen LogP contribution in [0.3, 0.4) is 0 Å². The minimum Gasteiger partial charge on any atom is -0.390 e. The lowest BCUT2D eigenvalue weighted by Gasteiger charge is -2.60. The van der Waals surface area contributed by atoms with Crippen LogP contribution < -0.4 is 10.6 Å². The lowest BCUT2D eigenvalue weighted by atomic mass is 9.47. The molecular weight excluding hydrogens is 340 g/mol. The van der Waals surface area contributed by atoms with Gasteiger partial charge in [0.1, 0.15) is 0 Å². The maximum atomic E-state index is 12.7. The van der Waals surface area contributed by atoms with E-state index in [4.69, 9.17) is 0 Å². The predicted molar refractivity (Wildman–Crippen MR) is 104 cm³/mol. The molecule has 146 valence electrons. The van der Waals surface area contributed by atoms with Gasteiger partial charge in [0, 0.05) is 24.2 Å². The monoisotopic (exact) mass is 370 g/mol. The molecule has 5 nitrogen and oxygen atoms in total. The molecule has 5 rings (SSSR count). The van der Waals surface area contributed by atoms with Crippen molar-refractivity contribution in [2.75, 3.05) is 11.9 Å². The third-order valence-corrected chi connectivity index (χ3v) is 6.65. The van der Waals surface area contributed by atoms with Crippen molar-refractivity contribution in [1.82, 2.24) is 5.32 Å². The highest BCUT2D eigenvalue weighted by molar-refractivity contribution is 5.95. The molecule has 0 saturated heterocycles. The fraction of sp³-hybridized carbons (Fsp3) is 0.636. The third-order valence-electron chi connectivity index (χ3n) is 6.65. The van der Waals surface area contributed by atoms with E-state index in [1.165, 1.54) is 6.42 Å². The van der Waals surface area contributed by atoms with Crippen LogP contribution in [0.25, 0.3) is 0 Å². The molecule has 1 aromatic carbocycles. The summed E-state index contributed by atoms with van der Waals surface area (Å²) in [5.74, 6) is 1.11. The van der Waals surface area contributed by atoms with Crippen molar-refractivity contribution in [2.24, 2.45) is 17.3 Å². The van der Waals surface area contributed by atoms with Crippen molar-refractivity contribution >= 4 is 17.5 Å². The van der Waals surface area contributed by atoms with Crippen LogP contribution in [0.5, 0.6) is 0 Å². The van der Waals surface area contributed by atoms with E-state index in [0.29, 0.717) is 30.4 Å². The van der Waals surface area contributed by atoms with E-state index in [-0.39, 0.29) is 17.2 Å². The van der Waals surface area contributed by atoms with Crippen molar-refractivity contribution in [3.05, 3.63) is 29.8 Å². The molecule has 2 atom stereocenters. The molecule has 4 bridgehead atoms. The van der Waals surface area contributed by atoms with Crippen molar-refractivity contribution in [2.45, 2.75) is 63.9 Å². The first kappa shape index (κ1) is 18.5. The Kier molecular flexibility index (Phi) is 4.75. The highest BCUT2D eigenvalue weighted by Crippen LogP contribution is 2.62. The molecule has 1 aromatic rings. The number of rotatable bonds is 6. The highest BCUT2D eigenvalue weighted by atomic mass is 16.3. The SMILES string of the molecule is CCCNC(=O)c1ccc(NC(=O)CC23CC4CC(CC(O)(C4)C2)C3)cc1. The Bertz CT molecular complexity index is 714. The van der Waals surface area contributed by atoms with Crippen LogP contribution in [-0.4, -0.2) is 29.1 Å². The van der Waals surface area contributed by atoms with Gasteiger partial charge in [-0.25, -0.2) is 0 Å². The van der Waals surface area contributed by atoms with E-state index in [9.17, 15) is 14.7 Å². The number of nitrogens with one attached hydrogen (secondary N) is 2. The molecule has 0 heterocycles. The molecule has 27 heavy (non-hydrogen) atoms. The second-order valence-electron chi connectivity index (χ2n) is 9.24. The summed E-state index contributed by atoms with van der Waals surface area (Å²) in [5, 5.41) is 16.7. The number of aliphatic hydroxyl groups is 1. The van der Waals surface area contributed by atoms with Gasteiger partial charge in [0.05, 0.1) is 5.60 Å². The molecule has 4 saturated carbocycles. The van der Waals surface area contributed by atoms with Gasteiger partial charge >= 0.3 is 0 Å². The first-order valence-corrected chi connectivity index (χ1v) is 10.3. The third kappa shape index (κ3) is 3.88. The Balaban J connectivity index is 1.36. The minimum absolute atomic E-state index is 0.0173. The van der Waals surface area contributed by atoms with E-state index < -0.39 is 5.60 Å². The fourth-order valence-electron chi connectivity index (χ4n) is 6.20. The summed E-state index contributed by atoms with van der Waals surface area (Å²) >= 11 is 0. The zero-order valence-electron chi connectivity index (χ0n) is 16.1. The molecule has 0 radical (unpaired) electrons. The van der Waals surface area contributed by atoms with Crippen molar-refractivity contribution in [1.29, 1.82) is 0 Å². The highest BCUT2D eigenvalue weighted by Gasteiger charge is 2.57. The summed E-state index contributed by atoms with van der Waals surface area (Å²) in [6.07, 6.45) is 7.40. The quantitative estimate of drug-likeness (QED) is 0.717. The number of anilines is 1. The van der Waals surface area contributed by atoms with Crippen molar-refractivity contribution in [3.63, 3.8) is 0 Å². The molecule has 4 fully saturated rings. The van der Waals surface area contributed by atoms with Gasteiger partial charge in [-0.05, 0) is 86.5 Å². The van der Waals surface area contributed by atoms with E-state index in [1.807, 2.05) is 6.92 Å². The number of carbonyl (C=O) groups is 2. The topological polar surface area (TPSA) is 78.4 Å². The van der Waals surface area contributed by atoms with Gasteiger partial charge < -0.3 is 15.7 Å². The van der Waals surface area contributed by atoms with Crippen LogP contribution >= 0.6 is 0 Å². The van der Waals surface area contributed by atoms with Gasteiger partial charge in [-0.1, -0.05) is 6.92 Å². The molecule has 0 aromatic heterocycles. The second kappa shape index (κ2) is 6.93. The van der Waals surface area contributed by atoms with Crippen LogP contribution in [0.15, 0.2) is 24.3 Å². The summed E-state index contributed by atoms with van der Waals surface area (Å²) in [6, 6.07) is 7.06. The lowest BCUT2D eigenvalue weighted by molar-refractivity contribution is -0.167. The smallest absolute Gasteiger partial charge is 0.251 e. The summed E-state index contributed by atoms with van der Waals surface area (Å²) in [4.78, 5) is 24.7. The van der Waals surface area contributed by atoms with Crippen molar-refractivity contribution in [3.8, 4) is 0 Å². The normalized spacial score (nSPS) is 33.7. The average Bonchev–Trinajstić information content (AvgIpc) is 2.57. The summed E-state index contributed by atoms with van der Waals surface area (Å²) in [7, 11) is 0. The van der Waals surface area contributed by atoms with E-state index in [2.05, 4.69) is 10.6 Å². The van der Waals surface area contributed by atoms with Crippen LogP contribution in [0.4, 0.5) is 5.69 Å². The standard InChI is InChI=1S/C22H30N2O3/c1-2-7-23-20(26)17-3-5-18(6-4-17)24-19(25)13-21-9-15-8-16(10-21)12-22(27,11-15)14-21/h3-6,15-16,27H,2,7-14H2,1H3,(H,23,26)(H,24,25). The largest absolute Gasteiger partial charge is 0.390 e.